The molecule has 0 bridgehead atoms. The van der Waals surface area contributed by atoms with Gasteiger partial charge < -0.3 is 10.4 Å². The van der Waals surface area contributed by atoms with Crippen LogP contribution in [0.1, 0.15) is 44.2 Å². The number of hydrogen-bond acceptors (Lipinski definition) is 2. The fraction of sp³-hybridized carbons (Fsp3) is 0.529. The number of rotatable bonds is 8. The molecule has 1 aromatic rings. The van der Waals surface area contributed by atoms with E-state index in [4.69, 9.17) is 0 Å². The van der Waals surface area contributed by atoms with Crippen LogP contribution in [0.25, 0.3) is 0 Å². The SMILES string of the molecule is CCC(CC)(CNC(=O)CCc1cccc(C)c1)C(=O)O. The number of hydrogen-bond donors (Lipinski definition) is 2. The highest BCUT2D eigenvalue weighted by atomic mass is 16.4. The minimum Gasteiger partial charge on any atom is -0.481 e. The fourth-order valence-electron chi connectivity index (χ4n) is 2.36. The quantitative estimate of drug-likeness (QED) is 0.774. The first-order valence-corrected chi connectivity index (χ1v) is 7.49. The molecule has 0 saturated carbocycles. The van der Waals surface area contributed by atoms with Crippen LogP contribution < -0.4 is 5.32 Å². The van der Waals surface area contributed by atoms with E-state index in [1.54, 1.807) is 0 Å². The molecule has 1 amide bonds. The van der Waals surface area contributed by atoms with Gasteiger partial charge in [0.25, 0.3) is 0 Å². The van der Waals surface area contributed by atoms with Crippen LogP contribution in [-0.2, 0) is 16.0 Å². The van der Waals surface area contributed by atoms with E-state index < -0.39 is 11.4 Å². The van der Waals surface area contributed by atoms with E-state index >= 15 is 0 Å². The van der Waals surface area contributed by atoms with E-state index in [0.717, 1.165) is 5.56 Å². The van der Waals surface area contributed by atoms with Crippen molar-refractivity contribution in [2.45, 2.75) is 46.5 Å². The molecule has 0 fully saturated rings. The van der Waals surface area contributed by atoms with E-state index in [1.807, 2.05) is 39.0 Å². The van der Waals surface area contributed by atoms with Crippen molar-refractivity contribution in [1.29, 1.82) is 0 Å². The molecule has 4 heteroatoms. The molecule has 116 valence electrons. The Kier molecular flexibility index (Phi) is 6.40. The predicted molar refractivity (Wildman–Crippen MR) is 83.2 cm³/mol. The summed E-state index contributed by atoms with van der Waals surface area (Å²) < 4.78 is 0. The van der Waals surface area contributed by atoms with Crippen molar-refractivity contribution >= 4 is 11.9 Å². The maximum Gasteiger partial charge on any atom is 0.311 e. The molecule has 21 heavy (non-hydrogen) atoms. The standard InChI is InChI=1S/C17H25NO3/c1-4-17(5-2,16(20)21)12-18-15(19)10-9-14-8-6-7-13(3)11-14/h6-8,11H,4-5,9-10,12H2,1-3H3,(H,18,19)(H,20,21). The lowest BCUT2D eigenvalue weighted by Crippen LogP contribution is -2.42. The third-order valence-electron chi connectivity index (χ3n) is 4.15. The van der Waals surface area contributed by atoms with Crippen LogP contribution in [0.4, 0.5) is 0 Å². The van der Waals surface area contributed by atoms with Crippen molar-refractivity contribution in [3.63, 3.8) is 0 Å². The summed E-state index contributed by atoms with van der Waals surface area (Å²) in [6.07, 6.45) is 2.08. The molecular formula is C17H25NO3. The summed E-state index contributed by atoms with van der Waals surface area (Å²) in [4.78, 5) is 23.3. The van der Waals surface area contributed by atoms with Crippen molar-refractivity contribution in [2.75, 3.05) is 6.54 Å². The minimum absolute atomic E-state index is 0.0935. The van der Waals surface area contributed by atoms with Gasteiger partial charge in [-0.3, -0.25) is 9.59 Å². The molecule has 0 saturated heterocycles. The summed E-state index contributed by atoms with van der Waals surface area (Å²) in [6.45, 7) is 5.91. The van der Waals surface area contributed by atoms with Gasteiger partial charge in [0, 0.05) is 13.0 Å². The van der Waals surface area contributed by atoms with Crippen LogP contribution in [0.5, 0.6) is 0 Å². The lowest BCUT2D eigenvalue weighted by Gasteiger charge is -2.26. The Morgan fingerprint density at radius 2 is 1.90 bits per heavy atom. The Hall–Kier alpha value is -1.84. The molecule has 0 heterocycles. The normalized spacial score (nSPS) is 11.2. The van der Waals surface area contributed by atoms with Crippen molar-refractivity contribution in [3.8, 4) is 0 Å². The van der Waals surface area contributed by atoms with Crippen LogP contribution in [0.2, 0.25) is 0 Å². The van der Waals surface area contributed by atoms with Gasteiger partial charge >= 0.3 is 5.97 Å². The highest BCUT2D eigenvalue weighted by molar-refractivity contribution is 5.79. The van der Waals surface area contributed by atoms with Crippen LogP contribution in [0.15, 0.2) is 24.3 Å². The average Bonchev–Trinajstić information content (AvgIpc) is 2.46. The molecule has 0 aliphatic heterocycles. The Bertz CT molecular complexity index is 493. The molecule has 0 aromatic heterocycles. The van der Waals surface area contributed by atoms with Gasteiger partial charge in [0.05, 0.1) is 5.41 Å². The number of amides is 1. The summed E-state index contributed by atoms with van der Waals surface area (Å²) in [5.74, 6) is -0.935. The summed E-state index contributed by atoms with van der Waals surface area (Å²) in [7, 11) is 0. The average molecular weight is 291 g/mol. The van der Waals surface area contributed by atoms with E-state index in [1.165, 1.54) is 5.56 Å². The molecule has 1 rings (SSSR count). The minimum atomic E-state index is -0.848. The van der Waals surface area contributed by atoms with Crippen molar-refractivity contribution in [2.24, 2.45) is 5.41 Å². The van der Waals surface area contributed by atoms with Crippen molar-refractivity contribution < 1.29 is 14.7 Å². The number of aryl methyl sites for hydroxylation is 2. The second-order valence-corrected chi connectivity index (χ2v) is 5.56. The van der Waals surface area contributed by atoms with E-state index in [9.17, 15) is 14.7 Å². The zero-order valence-electron chi connectivity index (χ0n) is 13.1. The first-order chi connectivity index (χ1) is 9.93. The van der Waals surface area contributed by atoms with Gasteiger partial charge in [-0.15, -0.1) is 0 Å². The largest absolute Gasteiger partial charge is 0.481 e. The van der Waals surface area contributed by atoms with Gasteiger partial charge in [-0.05, 0) is 31.7 Å². The molecule has 0 spiro atoms. The molecule has 0 radical (unpaired) electrons. The highest BCUT2D eigenvalue weighted by Crippen LogP contribution is 2.25. The molecule has 0 unspecified atom stereocenters. The van der Waals surface area contributed by atoms with Crippen LogP contribution in [0, 0.1) is 12.3 Å². The van der Waals surface area contributed by atoms with Gasteiger partial charge in [0.2, 0.25) is 5.91 Å². The van der Waals surface area contributed by atoms with Gasteiger partial charge in [-0.1, -0.05) is 43.7 Å². The van der Waals surface area contributed by atoms with Gasteiger partial charge in [0.15, 0.2) is 0 Å². The molecule has 1 aromatic carbocycles. The molecule has 0 aliphatic carbocycles. The number of benzene rings is 1. The van der Waals surface area contributed by atoms with Gasteiger partial charge in [-0.2, -0.15) is 0 Å². The molecule has 2 N–H and O–H groups in total. The van der Waals surface area contributed by atoms with Crippen LogP contribution >= 0.6 is 0 Å². The Morgan fingerprint density at radius 1 is 1.24 bits per heavy atom. The smallest absolute Gasteiger partial charge is 0.311 e. The lowest BCUT2D eigenvalue weighted by molar-refractivity contribution is -0.149. The summed E-state index contributed by atoms with van der Waals surface area (Å²) in [5.41, 5.74) is 1.45. The number of carboxylic acids is 1. The first-order valence-electron chi connectivity index (χ1n) is 7.49. The Morgan fingerprint density at radius 3 is 2.43 bits per heavy atom. The number of carbonyl (C=O) groups excluding carboxylic acids is 1. The first kappa shape index (κ1) is 17.2. The summed E-state index contributed by atoms with van der Waals surface area (Å²) in [6, 6.07) is 8.06. The van der Waals surface area contributed by atoms with Crippen molar-refractivity contribution in [1.82, 2.24) is 5.32 Å². The van der Waals surface area contributed by atoms with Gasteiger partial charge in [0.1, 0.15) is 0 Å². The van der Waals surface area contributed by atoms with Crippen LogP contribution in [0.3, 0.4) is 0 Å². The molecular weight excluding hydrogens is 266 g/mol. The maximum atomic E-state index is 11.9. The highest BCUT2D eigenvalue weighted by Gasteiger charge is 2.34. The number of carboxylic acid groups (broad SMARTS) is 1. The lowest BCUT2D eigenvalue weighted by atomic mass is 9.82. The van der Waals surface area contributed by atoms with E-state index in [2.05, 4.69) is 11.4 Å². The fourth-order valence-corrected chi connectivity index (χ4v) is 2.36. The summed E-state index contributed by atoms with van der Waals surface area (Å²) in [5, 5.41) is 12.1. The number of nitrogens with one attached hydrogen (secondary N) is 1. The summed E-state index contributed by atoms with van der Waals surface area (Å²) >= 11 is 0. The second kappa shape index (κ2) is 7.81. The second-order valence-electron chi connectivity index (χ2n) is 5.56. The van der Waals surface area contributed by atoms with Crippen molar-refractivity contribution in [3.05, 3.63) is 35.4 Å². The molecule has 0 aliphatic rings. The predicted octanol–water partition coefficient (Wildman–Crippen LogP) is 2.93. The van der Waals surface area contributed by atoms with E-state index in [-0.39, 0.29) is 12.5 Å². The van der Waals surface area contributed by atoms with Gasteiger partial charge in [-0.25, -0.2) is 0 Å². The van der Waals surface area contributed by atoms with Crippen LogP contribution in [-0.4, -0.2) is 23.5 Å². The monoisotopic (exact) mass is 291 g/mol. The zero-order chi connectivity index (χ0) is 15.9. The van der Waals surface area contributed by atoms with E-state index in [0.29, 0.717) is 25.7 Å². The Labute approximate surface area is 126 Å². The molecule has 4 nitrogen and oxygen atoms in total. The Balaban J connectivity index is 2.49. The number of carbonyl (C=O) groups is 2. The maximum absolute atomic E-state index is 11.9. The third-order valence-corrected chi connectivity index (χ3v) is 4.15. The molecule has 0 atom stereocenters. The zero-order valence-corrected chi connectivity index (χ0v) is 13.1. The third kappa shape index (κ3) is 4.88. The number of aliphatic carboxylic acids is 1. The topological polar surface area (TPSA) is 66.4 Å².